The molecule has 2 aliphatic heterocycles. The molecule has 0 saturated heterocycles. The van der Waals surface area contributed by atoms with Crippen LogP contribution in [-0.2, 0) is 4.79 Å². The highest BCUT2D eigenvalue weighted by molar-refractivity contribution is 8.17. The monoisotopic (exact) mass is 327 g/mol. The van der Waals surface area contributed by atoms with Gasteiger partial charge in [0.25, 0.3) is 0 Å². The van der Waals surface area contributed by atoms with Gasteiger partial charge in [0.05, 0.1) is 17.8 Å². The van der Waals surface area contributed by atoms with Crippen molar-refractivity contribution in [1.82, 2.24) is 4.90 Å². The Morgan fingerprint density at radius 1 is 1.26 bits per heavy atom. The number of amides is 1. The number of carbonyl (C=O) groups is 1. The van der Waals surface area contributed by atoms with E-state index in [1.807, 2.05) is 12.1 Å². The summed E-state index contributed by atoms with van der Waals surface area (Å²) in [6, 6.07) is 9.17. The summed E-state index contributed by atoms with van der Waals surface area (Å²) in [7, 11) is 0. The third kappa shape index (κ3) is 2.57. The standard InChI is InChI=1S/C18H21N3OS/c1-11-17(13-7-9-14(10-8-13)19-12(2)22)21-16-6-4-3-5-15(16)20-18(21)23-11/h7-10,15-16H,3-6H2,1-2H3,(H,19,22)/t15-,16-/m0/s1. The van der Waals surface area contributed by atoms with Crippen molar-refractivity contribution in [2.75, 3.05) is 5.32 Å². The normalized spacial score (nSPS) is 26.0. The zero-order chi connectivity index (χ0) is 16.0. The molecule has 1 aromatic carbocycles. The number of nitrogens with one attached hydrogen (secondary N) is 1. The number of benzene rings is 1. The van der Waals surface area contributed by atoms with Gasteiger partial charge in [0.2, 0.25) is 5.91 Å². The number of allylic oxidation sites excluding steroid dienone is 1. The molecule has 23 heavy (non-hydrogen) atoms. The molecule has 0 spiro atoms. The maximum Gasteiger partial charge on any atom is 0.221 e. The van der Waals surface area contributed by atoms with E-state index >= 15 is 0 Å². The molecular weight excluding hydrogens is 306 g/mol. The summed E-state index contributed by atoms with van der Waals surface area (Å²) in [5.41, 5.74) is 3.36. The van der Waals surface area contributed by atoms with Crippen molar-refractivity contribution in [1.29, 1.82) is 0 Å². The molecular formula is C18H21N3OS. The molecule has 1 amide bonds. The SMILES string of the molecule is CC(=O)Nc1ccc(C2=C(C)SC3=N[C@H]4CCCC[C@@H]4N32)cc1. The lowest BCUT2D eigenvalue weighted by Gasteiger charge is -2.32. The van der Waals surface area contributed by atoms with Crippen LogP contribution in [0.4, 0.5) is 5.69 Å². The predicted molar refractivity (Wildman–Crippen MR) is 96.2 cm³/mol. The maximum absolute atomic E-state index is 11.2. The fraction of sp³-hybridized carbons (Fsp3) is 0.444. The second-order valence-corrected chi connectivity index (χ2v) is 7.65. The van der Waals surface area contributed by atoms with Crippen LogP contribution in [0, 0.1) is 0 Å². The van der Waals surface area contributed by atoms with Crippen LogP contribution in [0.5, 0.6) is 0 Å². The molecule has 4 nitrogen and oxygen atoms in total. The number of carbonyl (C=O) groups excluding carboxylic acids is 1. The van der Waals surface area contributed by atoms with Crippen LogP contribution in [0.2, 0.25) is 0 Å². The lowest BCUT2D eigenvalue weighted by atomic mass is 9.90. The van der Waals surface area contributed by atoms with E-state index in [0.29, 0.717) is 12.1 Å². The summed E-state index contributed by atoms with van der Waals surface area (Å²) in [5.74, 6) is -0.0384. The van der Waals surface area contributed by atoms with Gasteiger partial charge in [0.1, 0.15) is 0 Å². The van der Waals surface area contributed by atoms with E-state index in [4.69, 9.17) is 4.99 Å². The second kappa shape index (κ2) is 5.71. The molecule has 0 unspecified atom stereocenters. The quantitative estimate of drug-likeness (QED) is 0.891. The molecule has 2 atom stereocenters. The number of anilines is 1. The van der Waals surface area contributed by atoms with Gasteiger partial charge in [-0.3, -0.25) is 9.79 Å². The summed E-state index contributed by atoms with van der Waals surface area (Å²) in [6.07, 6.45) is 5.07. The number of hydrogen-bond donors (Lipinski definition) is 1. The fourth-order valence-electron chi connectivity index (χ4n) is 3.84. The molecule has 0 bridgehead atoms. The van der Waals surface area contributed by atoms with Crippen molar-refractivity contribution < 1.29 is 4.79 Å². The average molecular weight is 327 g/mol. The Kier molecular flexibility index (Phi) is 3.68. The summed E-state index contributed by atoms with van der Waals surface area (Å²) in [5, 5.41) is 4.01. The molecule has 5 heteroatoms. The topological polar surface area (TPSA) is 44.7 Å². The van der Waals surface area contributed by atoms with E-state index in [1.165, 1.54) is 53.9 Å². The highest BCUT2D eigenvalue weighted by atomic mass is 32.2. The predicted octanol–water partition coefficient (Wildman–Crippen LogP) is 4.06. The van der Waals surface area contributed by atoms with Crippen molar-refractivity contribution in [2.24, 2.45) is 4.99 Å². The number of nitrogens with zero attached hydrogens (tertiary/aromatic N) is 2. The maximum atomic E-state index is 11.2. The molecule has 1 N–H and O–H groups in total. The number of fused-ring (bicyclic) bond motifs is 3. The van der Waals surface area contributed by atoms with Gasteiger partial charge in [0.15, 0.2) is 5.17 Å². The third-order valence-corrected chi connectivity index (χ3v) is 5.79. The van der Waals surface area contributed by atoms with Crippen LogP contribution in [0.3, 0.4) is 0 Å². The van der Waals surface area contributed by atoms with Crippen LogP contribution in [0.1, 0.15) is 45.1 Å². The van der Waals surface area contributed by atoms with Gasteiger partial charge in [-0.15, -0.1) is 0 Å². The fourth-order valence-corrected chi connectivity index (χ4v) is 4.94. The van der Waals surface area contributed by atoms with Crippen molar-refractivity contribution in [3.05, 3.63) is 34.7 Å². The molecule has 3 aliphatic rings. The van der Waals surface area contributed by atoms with E-state index in [0.717, 1.165) is 5.69 Å². The van der Waals surface area contributed by atoms with E-state index in [2.05, 4.69) is 29.3 Å². The first-order valence-corrected chi connectivity index (χ1v) is 9.09. The Bertz CT molecular complexity index is 707. The smallest absolute Gasteiger partial charge is 0.221 e. The van der Waals surface area contributed by atoms with Gasteiger partial charge in [-0.1, -0.05) is 36.7 Å². The average Bonchev–Trinajstić information content (AvgIpc) is 3.02. The summed E-state index contributed by atoms with van der Waals surface area (Å²) < 4.78 is 0. The Morgan fingerprint density at radius 2 is 2.00 bits per heavy atom. The first kappa shape index (κ1) is 14.8. The van der Waals surface area contributed by atoms with Crippen LogP contribution < -0.4 is 5.32 Å². The lowest BCUT2D eigenvalue weighted by Crippen LogP contribution is -2.38. The number of thioether (sulfide) groups is 1. The molecule has 120 valence electrons. The molecule has 0 radical (unpaired) electrons. The summed E-state index contributed by atoms with van der Waals surface area (Å²) >= 11 is 1.81. The minimum atomic E-state index is -0.0384. The van der Waals surface area contributed by atoms with Gasteiger partial charge >= 0.3 is 0 Å². The molecule has 1 aliphatic carbocycles. The van der Waals surface area contributed by atoms with E-state index < -0.39 is 0 Å². The molecule has 4 rings (SSSR count). The third-order valence-electron chi connectivity index (χ3n) is 4.81. The first-order valence-electron chi connectivity index (χ1n) is 8.27. The van der Waals surface area contributed by atoms with Crippen LogP contribution >= 0.6 is 11.8 Å². The number of aliphatic imine (C=N–C) groups is 1. The van der Waals surface area contributed by atoms with Crippen molar-refractivity contribution in [3.63, 3.8) is 0 Å². The number of rotatable bonds is 2. The minimum absolute atomic E-state index is 0.0384. The number of hydrogen-bond acceptors (Lipinski definition) is 4. The molecule has 0 aromatic heterocycles. The number of amidine groups is 1. The van der Waals surface area contributed by atoms with Gasteiger partial charge < -0.3 is 10.2 Å². The van der Waals surface area contributed by atoms with Crippen LogP contribution in [0.25, 0.3) is 5.70 Å². The largest absolute Gasteiger partial charge is 0.326 e. The second-order valence-electron chi connectivity index (χ2n) is 6.47. The van der Waals surface area contributed by atoms with Gasteiger partial charge in [-0.2, -0.15) is 0 Å². The highest BCUT2D eigenvalue weighted by Gasteiger charge is 2.43. The van der Waals surface area contributed by atoms with E-state index in [-0.39, 0.29) is 5.91 Å². The Morgan fingerprint density at radius 3 is 2.74 bits per heavy atom. The molecule has 1 saturated carbocycles. The van der Waals surface area contributed by atoms with Crippen molar-refractivity contribution in [2.45, 2.75) is 51.6 Å². The lowest BCUT2D eigenvalue weighted by molar-refractivity contribution is -0.114. The van der Waals surface area contributed by atoms with E-state index in [1.54, 1.807) is 11.8 Å². The zero-order valence-electron chi connectivity index (χ0n) is 13.5. The molecule has 2 heterocycles. The van der Waals surface area contributed by atoms with Gasteiger partial charge in [-0.05, 0) is 37.5 Å². The van der Waals surface area contributed by atoms with Gasteiger partial charge in [0, 0.05) is 17.5 Å². The summed E-state index contributed by atoms with van der Waals surface area (Å²) in [6.45, 7) is 3.71. The summed E-state index contributed by atoms with van der Waals surface area (Å²) in [4.78, 5) is 19.9. The van der Waals surface area contributed by atoms with E-state index in [9.17, 15) is 4.79 Å². The Balaban J connectivity index is 1.64. The van der Waals surface area contributed by atoms with Crippen LogP contribution in [-0.4, -0.2) is 28.1 Å². The first-order chi connectivity index (χ1) is 11.1. The Labute approximate surface area is 141 Å². The van der Waals surface area contributed by atoms with Crippen molar-refractivity contribution in [3.8, 4) is 0 Å². The van der Waals surface area contributed by atoms with Gasteiger partial charge in [-0.25, -0.2) is 0 Å². The molecule has 1 aromatic rings. The van der Waals surface area contributed by atoms with Crippen LogP contribution in [0.15, 0.2) is 34.2 Å². The molecule has 1 fully saturated rings. The highest BCUT2D eigenvalue weighted by Crippen LogP contribution is 2.47. The Hall–Kier alpha value is -1.75. The zero-order valence-corrected chi connectivity index (χ0v) is 14.3. The van der Waals surface area contributed by atoms with Crippen molar-refractivity contribution >= 4 is 34.2 Å². The minimum Gasteiger partial charge on any atom is -0.326 e.